The molecule has 1 fully saturated rings. The average Bonchev–Trinajstić information content (AvgIpc) is 3.04. The SMILES string of the molecule is CC(C)c1nc2cc(NC3CCCC3O)cc(C(F)(F)F)c2o1. The molecule has 0 spiro atoms. The molecular weight excluding hydrogens is 309 g/mol. The number of halogens is 3. The Morgan fingerprint density at radius 2 is 2.04 bits per heavy atom. The molecule has 1 heterocycles. The Morgan fingerprint density at radius 3 is 2.61 bits per heavy atom. The van der Waals surface area contributed by atoms with Gasteiger partial charge in [0.2, 0.25) is 0 Å². The van der Waals surface area contributed by atoms with E-state index < -0.39 is 17.8 Å². The molecule has 0 aliphatic heterocycles. The molecule has 2 aromatic rings. The highest BCUT2D eigenvalue weighted by Gasteiger charge is 2.36. The fourth-order valence-corrected chi connectivity index (χ4v) is 2.91. The first-order valence-electron chi connectivity index (χ1n) is 7.72. The molecule has 0 saturated heterocycles. The quantitative estimate of drug-likeness (QED) is 0.882. The number of alkyl halides is 3. The number of aliphatic hydroxyl groups is 1. The minimum Gasteiger partial charge on any atom is -0.440 e. The Balaban J connectivity index is 2.05. The number of anilines is 1. The second-order valence-corrected chi connectivity index (χ2v) is 6.33. The minimum absolute atomic E-state index is 0.100. The van der Waals surface area contributed by atoms with E-state index in [1.165, 1.54) is 0 Å². The average molecular weight is 328 g/mol. The monoisotopic (exact) mass is 328 g/mol. The van der Waals surface area contributed by atoms with Gasteiger partial charge in [0.25, 0.3) is 0 Å². The Hall–Kier alpha value is -1.76. The number of hydrogen-bond acceptors (Lipinski definition) is 4. The summed E-state index contributed by atoms with van der Waals surface area (Å²) in [4.78, 5) is 4.17. The van der Waals surface area contributed by atoms with Gasteiger partial charge in [0.1, 0.15) is 11.1 Å². The van der Waals surface area contributed by atoms with E-state index in [9.17, 15) is 18.3 Å². The number of nitrogens with zero attached hydrogens (tertiary/aromatic N) is 1. The molecule has 2 unspecified atom stereocenters. The second kappa shape index (κ2) is 5.70. The summed E-state index contributed by atoms with van der Waals surface area (Å²) in [5, 5.41) is 12.9. The summed E-state index contributed by atoms with van der Waals surface area (Å²) in [5.74, 6) is 0.181. The highest BCUT2D eigenvalue weighted by Crippen LogP contribution is 2.38. The number of aromatic nitrogens is 1. The van der Waals surface area contributed by atoms with Crippen molar-refractivity contribution in [2.24, 2.45) is 0 Å². The summed E-state index contributed by atoms with van der Waals surface area (Å²) in [5.41, 5.74) is -0.596. The van der Waals surface area contributed by atoms with E-state index in [-0.39, 0.29) is 29.0 Å². The molecule has 1 saturated carbocycles. The largest absolute Gasteiger partial charge is 0.440 e. The van der Waals surface area contributed by atoms with Gasteiger partial charge in [-0.25, -0.2) is 4.98 Å². The molecule has 1 aliphatic rings. The van der Waals surface area contributed by atoms with Gasteiger partial charge in [-0.05, 0) is 31.4 Å². The molecule has 0 radical (unpaired) electrons. The first-order chi connectivity index (χ1) is 10.8. The first-order valence-corrected chi connectivity index (χ1v) is 7.72. The highest BCUT2D eigenvalue weighted by atomic mass is 19.4. The van der Waals surface area contributed by atoms with E-state index in [0.717, 1.165) is 18.9 Å². The van der Waals surface area contributed by atoms with Crippen LogP contribution in [-0.2, 0) is 6.18 Å². The molecule has 126 valence electrons. The van der Waals surface area contributed by atoms with E-state index in [4.69, 9.17) is 4.42 Å². The Bertz CT molecular complexity index is 709. The summed E-state index contributed by atoms with van der Waals surface area (Å²) < 4.78 is 45.3. The second-order valence-electron chi connectivity index (χ2n) is 6.33. The molecule has 2 N–H and O–H groups in total. The van der Waals surface area contributed by atoms with Crippen molar-refractivity contribution in [1.29, 1.82) is 0 Å². The zero-order valence-electron chi connectivity index (χ0n) is 12.9. The third-order valence-electron chi connectivity index (χ3n) is 4.14. The molecule has 1 aliphatic carbocycles. The van der Waals surface area contributed by atoms with Crippen LogP contribution in [-0.4, -0.2) is 22.2 Å². The lowest BCUT2D eigenvalue weighted by molar-refractivity contribution is -0.136. The molecule has 2 atom stereocenters. The summed E-state index contributed by atoms with van der Waals surface area (Å²) in [7, 11) is 0. The van der Waals surface area contributed by atoms with Crippen LogP contribution < -0.4 is 5.32 Å². The zero-order chi connectivity index (χ0) is 16.8. The van der Waals surface area contributed by atoms with Crippen molar-refractivity contribution >= 4 is 16.8 Å². The van der Waals surface area contributed by atoms with Crippen LogP contribution in [0.3, 0.4) is 0 Å². The lowest BCUT2D eigenvalue weighted by Gasteiger charge is -2.18. The molecule has 4 nitrogen and oxygen atoms in total. The number of rotatable bonds is 3. The third-order valence-corrected chi connectivity index (χ3v) is 4.14. The maximum Gasteiger partial charge on any atom is 0.420 e. The molecule has 3 rings (SSSR count). The van der Waals surface area contributed by atoms with Crippen molar-refractivity contribution in [3.63, 3.8) is 0 Å². The lowest BCUT2D eigenvalue weighted by atomic mass is 10.1. The molecule has 0 bridgehead atoms. The standard InChI is InChI=1S/C16H19F3N2O2/c1-8(2)15-21-12-7-9(20-11-4-3-5-13(11)22)6-10(14(12)23-15)16(17,18)19/h6-8,11,13,20,22H,3-5H2,1-2H3. The Morgan fingerprint density at radius 1 is 1.30 bits per heavy atom. The molecular formula is C16H19F3N2O2. The van der Waals surface area contributed by atoms with Crippen molar-refractivity contribution < 1.29 is 22.7 Å². The van der Waals surface area contributed by atoms with Crippen LogP contribution in [0.4, 0.5) is 18.9 Å². The van der Waals surface area contributed by atoms with Crippen LogP contribution in [0.15, 0.2) is 16.5 Å². The van der Waals surface area contributed by atoms with Gasteiger partial charge in [0.05, 0.1) is 12.1 Å². The maximum absolute atomic E-state index is 13.3. The first kappa shape index (κ1) is 16.1. The number of oxazole rings is 1. The van der Waals surface area contributed by atoms with Gasteiger partial charge < -0.3 is 14.8 Å². The summed E-state index contributed by atoms with van der Waals surface area (Å²) >= 11 is 0. The predicted molar refractivity (Wildman–Crippen MR) is 80.4 cm³/mol. The van der Waals surface area contributed by atoms with Gasteiger partial charge in [0.15, 0.2) is 11.5 Å². The van der Waals surface area contributed by atoms with Crippen molar-refractivity contribution in [1.82, 2.24) is 4.98 Å². The van der Waals surface area contributed by atoms with Crippen molar-refractivity contribution in [3.05, 3.63) is 23.6 Å². The number of benzene rings is 1. The normalized spacial score (nSPS) is 22.2. The molecule has 7 heteroatoms. The smallest absolute Gasteiger partial charge is 0.420 e. The van der Waals surface area contributed by atoms with E-state index in [1.807, 2.05) is 13.8 Å². The Labute approximate surface area is 131 Å². The minimum atomic E-state index is -4.53. The summed E-state index contributed by atoms with van der Waals surface area (Å²) in [6.07, 6.45) is -2.82. The highest BCUT2D eigenvalue weighted by molar-refractivity contribution is 5.82. The molecule has 0 amide bonds. The third kappa shape index (κ3) is 3.15. The fourth-order valence-electron chi connectivity index (χ4n) is 2.91. The predicted octanol–water partition coefficient (Wildman–Crippen LogP) is 4.30. The van der Waals surface area contributed by atoms with Crippen LogP contribution in [0.1, 0.15) is 50.5 Å². The van der Waals surface area contributed by atoms with E-state index in [2.05, 4.69) is 10.3 Å². The van der Waals surface area contributed by atoms with E-state index in [1.54, 1.807) is 6.07 Å². The van der Waals surface area contributed by atoms with Gasteiger partial charge >= 0.3 is 6.18 Å². The molecule has 23 heavy (non-hydrogen) atoms. The van der Waals surface area contributed by atoms with Crippen LogP contribution in [0.25, 0.3) is 11.1 Å². The topological polar surface area (TPSA) is 58.3 Å². The Kier molecular flexibility index (Phi) is 4.00. The summed E-state index contributed by atoms with van der Waals surface area (Å²) in [6, 6.07) is 2.35. The van der Waals surface area contributed by atoms with Crippen molar-refractivity contribution in [2.45, 2.75) is 57.3 Å². The maximum atomic E-state index is 13.3. The fraction of sp³-hybridized carbons (Fsp3) is 0.562. The van der Waals surface area contributed by atoms with Gasteiger partial charge in [-0.1, -0.05) is 13.8 Å². The van der Waals surface area contributed by atoms with Gasteiger partial charge in [-0.2, -0.15) is 13.2 Å². The van der Waals surface area contributed by atoms with Crippen molar-refractivity contribution in [2.75, 3.05) is 5.32 Å². The van der Waals surface area contributed by atoms with Crippen LogP contribution in [0, 0.1) is 0 Å². The van der Waals surface area contributed by atoms with Crippen LogP contribution in [0.2, 0.25) is 0 Å². The number of aliphatic hydroxyl groups excluding tert-OH is 1. The van der Waals surface area contributed by atoms with Crippen molar-refractivity contribution in [3.8, 4) is 0 Å². The van der Waals surface area contributed by atoms with Crippen LogP contribution >= 0.6 is 0 Å². The number of fused-ring (bicyclic) bond motifs is 1. The van der Waals surface area contributed by atoms with E-state index >= 15 is 0 Å². The van der Waals surface area contributed by atoms with Gasteiger partial charge in [-0.3, -0.25) is 0 Å². The zero-order valence-corrected chi connectivity index (χ0v) is 12.9. The lowest BCUT2D eigenvalue weighted by Crippen LogP contribution is -2.28. The number of hydrogen-bond donors (Lipinski definition) is 2. The van der Waals surface area contributed by atoms with Gasteiger partial charge in [0, 0.05) is 11.6 Å². The van der Waals surface area contributed by atoms with Crippen LogP contribution in [0.5, 0.6) is 0 Å². The van der Waals surface area contributed by atoms with E-state index in [0.29, 0.717) is 12.1 Å². The van der Waals surface area contributed by atoms with Gasteiger partial charge in [-0.15, -0.1) is 0 Å². The molecule has 1 aromatic carbocycles. The summed E-state index contributed by atoms with van der Waals surface area (Å²) in [6.45, 7) is 3.62. The molecule has 1 aromatic heterocycles. The number of nitrogens with one attached hydrogen (secondary N) is 1.